The predicted octanol–water partition coefficient (Wildman–Crippen LogP) is 1.82. The molecule has 0 aliphatic rings. The number of nitrogens with two attached hydrogens (primary N) is 1. The first kappa shape index (κ1) is 13.5. The molecule has 0 saturated carbocycles. The molecule has 0 fully saturated rings. The van der Waals surface area contributed by atoms with E-state index in [-0.39, 0.29) is 5.91 Å². The largest absolute Gasteiger partial charge is 0.398 e. The van der Waals surface area contributed by atoms with Crippen LogP contribution in [0.2, 0.25) is 0 Å². The quantitative estimate of drug-likeness (QED) is 0.560. The van der Waals surface area contributed by atoms with Crippen molar-refractivity contribution >= 4 is 11.6 Å². The summed E-state index contributed by atoms with van der Waals surface area (Å²) in [6.45, 7) is 4.13. The molecular weight excluding hydrogens is 216 g/mol. The molecule has 17 heavy (non-hydrogen) atoms. The van der Waals surface area contributed by atoms with Crippen LogP contribution in [0.3, 0.4) is 0 Å². The summed E-state index contributed by atoms with van der Waals surface area (Å²) < 4.78 is 5.32. The van der Waals surface area contributed by atoms with Crippen molar-refractivity contribution in [2.45, 2.75) is 19.8 Å². The van der Waals surface area contributed by atoms with Crippen LogP contribution >= 0.6 is 0 Å². The van der Waals surface area contributed by atoms with E-state index in [0.29, 0.717) is 24.4 Å². The monoisotopic (exact) mass is 236 g/mol. The number of nitrogen functional groups attached to an aromatic ring is 1. The highest BCUT2D eigenvalue weighted by Gasteiger charge is 2.07. The Morgan fingerprint density at radius 2 is 2.12 bits per heavy atom. The van der Waals surface area contributed by atoms with E-state index in [0.717, 1.165) is 19.4 Å². The maximum Gasteiger partial charge on any atom is 0.253 e. The minimum Gasteiger partial charge on any atom is -0.398 e. The average Bonchev–Trinajstić information content (AvgIpc) is 2.34. The van der Waals surface area contributed by atoms with E-state index in [1.54, 1.807) is 18.2 Å². The highest BCUT2D eigenvalue weighted by molar-refractivity contribution is 5.98. The Kier molecular flexibility index (Phi) is 6.10. The van der Waals surface area contributed by atoms with E-state index in [1.807, 2.05) is 6.07 Å². The van der Waals surface area contributed by atoms with Gasteiger partial charge in [-0.15, -0.1) is 0 Å². The lowest BCUT2D eigenvalue weighted by molar-refractivity contribution is 0.0942. The summed E-state index contributed by atoms with van der Waals surface area (Å²) in [5, 5.41) is 2.82. The highest BCUT2D eigenvalue weighted by Crippen LogP contribution is 2.09. The van der Waals surface area contributed by atoms with Crippen LogP contribution in [0.1, 0.15) is 30.1 Å². The smallest absolute Gasteiger partial charge is 0.253 e. The molecule has 0 aliphatic carbocycles. The van der Waals surface area contributed by atoms with Crippen LogP contribution in [-0.4, -0.2) is 25.7 Å². The minimum atomic E-state index is -0.126. The van der Waals surface area contributed by atoms with Gasteiger partial charge < -0.3 is 15.8 Å². The number of anilines is 1. The van der Waals surface area contributed by atoms with Crippen LogP contribution in [-0.2, 0) is 4.74 Å². The van der Waals surface area contributed by atoms with Gasteiger partial charge in [0.2, 0.25) is 0 Å². The maximum atomic E-state index is 11.7. The third-order valence-electron chi connectivity index (χ3n) is 2.30. The highest BCUT2D eigenvalue weighted by atomic mass is 16.5. The molecule has 94 valence electrons. The van der Waals surface area contributed by atoms with Crippen LogP contribution in [0.15, 0.2) is 24.3 Å². The zero-order valence-electron chi connectivity index (χ0n) is 10.2. The molecule has 3 N–H and O–H groups in total. The zero-order valence-corrected chi connectivity index (χ0v) is 10.2. The van der Waals surface area contributed by atoms with Gasteiger partial charge in [-0.2, -0.15) is 0 Å². The molecule has 1 amide bonds. The van der Waals surface area contributed by atoms with Gasteiger partial charge in [-0.3, -0.25) is 4.79 Å². The van der Waals surface area contributed by atoms with E-state index in [9.17, 15) is 4.79 Å². The van der Waals surface area contributed by atoms with Gasteiger partial charge in [0.15, 0.2) is 0 Å². The number of para-hydroxylation sites is 1. The number of hydrogen-bond donors (Lipinski definition) is 2. The molecule has 0 bridgehead atoms. The molecular formula is C13H20N2O2. The lowest BCUT2D eigenvalue weighted by Crippen LogP contribution is -2.26. The van der Waals surface area contributed by atoms with Crippen LogP contribution in [0.4, 0.5) is 5.69 Å². The molecule has 0 aliphatic heterocycles. The molecule has 0 atom stereocenters. The summed E-state index contributed by atoms with van der Waals surface area (Å²) in [6.07, 6.45) is 1.84. The van der Waals surface area contributed by atoms with E-state index < -0.39 is 0 Å². The number of hydrogen-bond acceptors (Lipinski definition) is 3. The van der Waals surface area contributed by atoms with E-state index in [4.69, 9.17) is 10.5 Å². The van der Waals surface area contributed by atoms with Gasteiger partial charge in [-0.05, 0) is 25.0 Å². The topological polar surface area (TPSA) is 64.3 Å². The summed E-state index contributed by atoms with van der Waals surface area (Å²) in [5.41, 5.74) is 6.74. The zero-order chi connectivity index (χ0) is 12.5. The lowest BCUT2D eigenvalue weighted by Gasteiger charge is -2.07. The van der Waals surface area contributed by atoms with Gasteiger partial charge >= 0.3 is 0 Å². The van der Waals surface area contributed by atoms with E-state index >= 15 is 0 Å². The molecule has 0 spiro atoms. The van der Waals surface area contributed by atoms with E-state index in [2.05, 4.69) is 12.2 Å². The Morgan fingerprint density at radius 1 is 1.35 bits per heavy atom. The molecule has 1 rings (SSSR count). The molecule has 1 aromatic rings. The van der Waals surface area contributed by atoms with Gasteiger partial charge in [-0.25, -0.2) is 0 Å². The second kappa shape index (κ2) is 7.68. The molecule has 4 heteroatoms. The van der Waals surface area contributed by atoms with Crippen molar-refractivity contribution in [1.82, 2.24) is 5.32 Å². The van der Waals surface area contributed by atoms with Crippen LogP contribution in [0.5, 0.6) is 0 Å². The van der Waals surface area contributed by atoms with Gasteiger partial charge in [0.05, 0.1) is 5.56 Å². The van der Waals surface area contributed by atoms with Crippen molar-refractivity contribution in [2.24, 2.45) is 0 Å². The van der Waals surface area contributed by atoms with Gasteiger partial charge in [0.25, 0.3) is 5.91 Å². The average molecular weight is 236 g/mol. The number of rotatable bonds is 7. The van der Waals surface area contributed by atoms with Crippen molar-refractivity contribution in [2.75, 3.05) is 25.5 Å². The second-order valence-electron chi connectivity index (χ2n) is 3.81. The van der Waals surface area contributed by atoms with Gasteiger partial charge in [-0.1, -0.05) is 19.1 Å². The summed E-state index contributed by atoms with van der Waals surface area (Å²) >= 11 is 0. The molecule has 0 aromatic heterocycles. The molecule has 0 radical (unpaired) electrons. The second-order valence-corrected chi connectivity index (χ2v) is 3.81. The Balaban J connectivity index is 2.24. The molecule has 1 aromatic carbocycles. The fourth-order valence-electron chi connectivity index (χ4n) is 1.42. The SMILES string of the molecule is CCCOCCCNC(=O)c1ccccc1N. The fraction of sp³-hybridized carbons (Fsp3) is 0.462. The maximum absolute atomic E-state index is 11.7. The number of benzene rings is 1. The van der Waals surface area contributed by atoms with Crippen LogP contribution in [0.25, 0.3) is 0 Å². The molecule has 0 heterocycles. The number of amides is 1. The Labute approximate surface area is 102 Å². The Bertz CT molecular complexity index is 353. The van der Waals surface area contributed by atoms with Crippen molar-refractivity contribution in [1.29, 1.82) is 0 Å². The van der Waals surface area contributed by atoms with Crippen LogP contribution < -0.4 is 11.1 Å². The van der Waals surface area contributed by atoms with Crippen molar-refractivity contribution < 1.29 is 9.53 Å². The van der Waals surface area contributed by atoms with E-state index in [1.165, 1.54) is 0 Å². The Hall–Kier alpha value is -1.55. The standard InChI is InChI=1S/C13H20N2O2/c1-2-9-17-10-5-8-15-13(16)11-6-3-4-7-12(11)14/h3-4,6-7H,2,5,8-10,14H2,1H3,(H,15,16). The Morgan fingerprint density at radius 3 is 2.82 bits per heavy atom. The van der Waals surface area contributed by atoms with Crippen molar-refractivity contribution in [3.05, 3.63) is 29.8 Å². The normalized spacial score (nSPS) is 10.2. The number of carbonyl (C=O) groups is 1. The third-order valence-corrected chi connectivity index (χ3v) is 2.30. The number of carbonyl (C=O) groups excluding carboxylic acids is 1. The summed E-state index contributed by atoms with van der Waals surface area (Å²) in [6, 6.07) is 7.05. The van der Waals surface area contributed by atoms with Gasteiger partial charge in [0, 0.05) is 25.4 Å². The minimum absolute atomic E-state index is 0.126. The molecule has 0 unspecified atom stereocenters. The third kappa shape index (κ3) is 4.87. The predicted molar refractivity (Wildman–Crippen MR) is 68.9 cm³/mol. The molecule has 0 saturated heterocycles. The number of nitrogens with one attached hydrogen (secondary N) is 1. The summed E-state index contributed by atoms with van der Waals surface area (Å²) in [4.78, 5) is 11.7. The first-order valence-electron chi connectivity index (χ1n) is 5.96. The van der Waals surface area contributed by atoms with Gasteiger partial charge in [0.1, 0.15) is 0 Å². The first-order valence-corrected chi connectivity index (χ1v) is 5.96. The first-order chi connectivity index (χ1) is 8.25. The van der Waals surface area contributed by atoms with Crippen LogP contribution in [0, 0.1) is 0 Å². The summed E-state index contributed by atoms with van der Waals surface area (Å²) in [7, 11) is 0. The number of ether oxygens (including phenoxy) is 1. The summed E-state index contributed by atoms with van der Waals surface area (Å²) in [5.74, 6) is -0.126. The fourth-order valence-corrected chi connectivity index (χ4v) is 1.42. The molecule has 4 nitrogen and oxygen atoms in total. The van der Waals surface area contributed by atoms with Crippen molar-refractivity contribution in [3.8, 4) is 0 Å². The van der Waals surface area contributed by atoms with Crippen molar-refractivity contribution in [3.63, 3.8) is 0 Å². The lowest BCUT2D eigenvalue weighted by atomic mass is 10.1.